The minimum absolute atomic E-state index is 0.000591. The Balaban J connectivity index is 1.47. The molecule has 5 nitrogen and oxygen atoms in total. The van der Waals surface area contributed by atoms with Gasteiger partial charge in [-0.15, -0.1) is 0 Å². The SMILES string of the molecule is O=C(NC1CC2CCCC(C1)N2S(=O)(=O)c1ccccc1)C1CCCCC1. The number of nitrogens with zero attached hydrogens (tertiary/aromatic N) is 1. The van der Waals surface area contributed by atoms with E-state index >= 15 is 0 Å². The lowest BCUT2D eigenvalue weighted by molar-refractivity contribution is -0.127. The molecule has 2 heterocycles. The molecule has 1 N–H and O–H groups in total. The number of rotatable bonds is 4. The van der Waals surface area contributed by atoms with Crippen molar-refractivity contribution in [3.05, 3.63) is 30.3 Å². The molecule has 2 atom stereocenters. The minimum atomic E-state index is -3.47. The van der Waals surface area contributed by atoms with Gasteiger partial charge in [0.25, 0.3) is 0 Å². The lowest BCUT2D eigenvalue weighted by Crippen LogP contribution is -2.59. The molecule has 2 unspecified atom stereocenters. The molecule has 0 spiro atoms. The predicted octanol–water partition coefficient (Wildman–Crippen LogP) is 3.46. The second-order valence-electron chi connectivity index (χ2n) is 8.40. The summed E-state index contributed by atoms with van der Waals surface area (Å²) in [4.78, 5) is 13.0. The maximum atomic E-state index is 13.2. The minimum Gasteiger partial charge on any atom is -0.353 e. The smallest absolute Gasteiger partial charge is 0.243 e. The van der Waals surface area contributed by atoms with Crippen molar-refractivity contribution in [2.75, 3.05) is 0 Å². The van der Waals surface area contributed by atoms with Gasteiger partial charge in [0.2, 0.25) is 15.9 Å². The molecule has 1 aromatic rings. The van der Waals surface area contributed by atoms with E-state index in [-0.39, 0.29) is 30.0 Å². The Hall–Kier alpha value is -1.40. The van der Waals surface area contributed by atoms with Crippen LogP contribution in [0, 0.1) is 5.92 Å². The first kappa shape index (κ1) is 18.9. The molecule has 3 fully saturated rings. The van der Waals surface area contributed by atoms with E-state index in [0.29, 0.717) is 4.90 Å². The summed E-state index contributed by atoms with van der Waals surface area (Å²) in [5, 5.41) is 3.27. The monoisotopic (exact) mass is 390 g/mol. The maximum Gasteiger partial charge on any atom is 0.243 e. The fraction of sp³-hybridized carbons (Fsp3) is 0.667. The number of hydrogen-bond acceptors (Lipinski definition) is 3. The summed E-state index contributed by atoms with van der Waals surface area (Å²) in [6.07, 6.45) is 9.86. The van der Waals surface area contributed by atoms with Crippen LogP contribution in [0.2, 0.25) is 0 Å². The maximum absolute atomic E-state index is 13.2. The summed E-state index contributed by atoms with van der Waals surface area (Å²) in [5.41, 5.74) is 0. The van der Waals surface area contributed by atoms with Gasteiger partial charge in [-0.3, -0.25) is 4.79 Å². The van der Waals surface area contributed by atoms with E-state index < -0.39 is 10.0 Å². The van der Waals surface area contributed by atoms with Crippen molar-refractivity contribution in [1.82, 2.24) is 9.62 Å². The Kier molecular flexibility index (Phi) is 5.55. The zero-order valence-corrected chi connectivity index (χ0v) is 16.7. The largest absolute Gasteiger partial charge is 0.353 e. The summed E-state index contributed by atoms with van der Waals surface area (Å²) >= 11 is 0. The van der Waals surface area contributed by atoms with Crippen LogP contribution < -0.4 is 5.32 Å². The van der Waals surface area contributed by atoms with Crippen molar-refractivity contribution in [2.24, 2.45) is 5.92 Å². The summed E-state index contributed by atoms with van der Waals surface area (Å²) < 4.78 is 28.2. The van der Waals surface area contributed by atoms with Crippen LogP contribution >= 0.6 is 0 Å². The van der Waals surface area contributed by atoms with E-state index in [1.165, 1.54) is 6.42 Å². The topological polar surface area (TPSA) is 66.5 Å². The Morgan fingerprint density at radius 1 is 0.889 bits per heavy atom. The number of carbonyl (C=O) groups is 1. The van der Waals surface area contributed by atoms with Gasteiger partial charge in [0.15, 0.2) is 0 Å². The van der Waals surface area contributed by atoms with Crippen molar-refractivity contribution in [2.45, 2.75) is 87.2 Å². The predicted molar refractivity (Wildman–Crippen MR) is 105 cm³/mol. The van der Waals surface area contributed by atoms with E-state index in [2.05, 4.69) is 5.32 Å². The molecule has 0 aromatic heterocycles. The molecule has 1 aliphatic carbocycles. The lowest BCUT2D eigenvalue weighted by Gasteiger charge is -2.48. The molecule has 4 rings (SSSR count). The molecule has 2 saturated heterocycles. The third kappa shape index (κ3) is 3.92. The van der Waals surface area contributed by atoms with Crippen molar-refractivity contribution in [3.63, 3.8) is 0 Å². The van der Waals surface area contributed by atoms with Gasteiger partial charge in [-0.05, 0) is 50.7 Å². The first-order chi connectivity index (χ1) is 13.1. The van der Waals surface area contributed by atoms with Gasteiger partial charge in [-0.1, -0.05) is 43.9 Å². The normalized spacial score (nSPS) is 30.0. The highest BCUT2D eigenvalue weighted by molar-refractivity contribution is 7.89. The first-order valence-electron chi connectivity index (χ1n) is 10.4. The van der Waals surface area contributed by atoms with Gasteiger partial charge in [-0.2, -0.15) is 4.31 Å². The molecular formula is C21H30N2O3S. The zero-order chi connectivity index (χ0) is 18.9. The van der Waals surface area contributed by atoms with Crippen LogP contribution in [0.1, 0.15) is 64.2 Å². The average molecular weight is 391 g/mol. The number of piperidine rings is 2. The molecule has 2 aliphatic heterocycles. The second kappa shape index (κ2) is 7.92. The number of nitrogens with one attached hydrogen (secondary N) is 1. The number of hydrogen-bond donors (Lipinski definition) is 1. The molecule has 1 aromatic carbocycles. The number of carbonyl (C=O) groups excluding carboxylic acids is 1. The van der Waals surface area contributed by atoms with Crippen LogP contribution in [0.25, 0.3) is 0 Å². The molecule has 2 bridgehead atoms. The number of benzene rings is 1. The molecular weight excluding hydrogens is 360 g/mol. The highest BCUT2D eigenvalue weighted by Gasteiger charge is 2.45. The Labute approximate surface area is 162 Å². The van der Waals surface area contributed by atoms with Crippen molar-refractivity contribution >= 4 is 15.9 Å². The van der Waals surface area contributed by atoms with Crippen molar-refractivity contribution in [3.8, 4) is 0 Å². The zero-order valence-electron chi connectivity index (χ0n) is 15.8. The molecule has 6 heteroatoms. The molecule has 0 radical (unpaired) electrons. The Morgan fingerprint density at radius 2 is 1.52 bits per heavy atom. The highest BCUT2D eigenvalue weighted by atomic mass is 32.2. The van der Waals surface area contributed by atoms with E-state index in [1.54, 1.807) is 28.6 Å². The summed E-state index contributed by atoms with van der Waals surface area (Å²) in [5.74, 6) is 0.349. The van der Waals surface area contributed by atoms with Gasteiger partial charge in [0.1, 0.15) is 0 Å². The fourth-order valence-corrected chi connectivity index (χ4v) is 7.16. The third-order valence-electron chi connectivity index (χ3n) is 6.55. The van der Waals surface area contributed by atoms with Crippen LogP contribution in [-0.4, -0.2) is 36.8 Å². The Bertz CT molecular complexity index is 745. The molecule has 1 amide bonds. The highest BCUT2D eigenvalue weighted by Crippen LogP contribution is 2.38. The van der Waals surface area contributed by atoms with Crippen LogP contribution in [0.15, 0.2) is 35.2 Å². The summed E-state index contributed by atoms with van der Waals surface area (Å²) in [6, 6.07) is 8.87. The average Bonchev–Trinajstić information content (AvgIpc) is 2.68. The van der Waals surface area contributed by atoms with Crippen molar-refractivity contribution < 1.29 is 13.2 Å². The van der Waals surface area contributed by atoms with E-state index in [0.717, 1.165) is 57.8 Å². The van der Waals surface area contributed by atoms with Gasteiger partial charge in [0, 0.05) is 24.0 Å². The summed E-state index contributed by atoms with van der Waals surface area (Å²) in [6.45, 7) is 0. The standard InChI is InChI=1S/C21H30N2O3S/c24-21(16-8-3-1-4-9-16)22-17-14-18-10-7-11-19(15-17)23(18)27(25,26)20-12-5-2-6-13-20/h2,5-6,12-13,16-19H,1,3-4,7-11,14-15H2,(H,22,24). The first-order valence-corrected chi connectivity index (χ1v) is 11.9. The van der Waals surface area contributed by atoms with Crippen LogP contribution in [-0.2, 0) is 14.8 Å². The van der Waals surface area contributed by atoms with E-state index in [9.17, 15) is 13.2 Å². The quantitative estimate of drug-likeness (QED) is 0.856. The van der Waals surface area contributed by atoms with Gasteiger partial charge in [0.05, 0.1) is 4.90 Å². The van der Waals surface area contributed by atoms with Crippen LogP contribution in [0.3, 0.4) is 0 Å². The number of fused-ring (bicyclic) bond motifs is 2. The molecule has 1 saturated carbocycles. The summed E-state index contributed by atoms with van der Waals surface area (Å²) in [7, 11) is -3.47. The Morgan fingerprint density at radius 3 is 2.15 bits per heavy atom. The number of amides is 1. The molecule has 148 valence electrons. The van der Waals surface area contributed by atoms with Gasteiger partial charge in [-0.25, -0.2) is 8.42 Å². The van der Waals surface area contributed by atoms with Crippen LogP contribution in [0.5, 0.6) is 0 Å². The second-order valence-corrected chi connectivity index (χ2v) is 10.2. The fourth-order valence-electron chi connectivity index (χ4n) is 5.25. The van der Waals surface area contributed by atoms with E-state index in [1.807, 2.05) is 6.07 Å². The van der Waals surface area contributed by atoms with E-state index in [4.69, 9.17) is 0 Å². The number of sulfonamides is 1. The third-order valence-corrected chi connectivity index (χ3v) is 8.57. The lowest BCUT2D eigenvalue weighted by atomic mass is 9.83. The van der Waals surface area contributed by atoms with Gasteiger partial charge < -0.3 is 5.32 Å². The molecule has 3 aliphatic rings. The molecule has 27 heavy (non-hydrogen) atoms. The van der Waals surface area contributed by atoms with Gasteiger partial charge >= 0.3 is 0 Å². The van der Waals surface area contributed by atoms with Crippen molar-refractivity contribution in [1.29, 1.82) is 0 Å². The van der Waals surface area contributed by atoms with Crippen LogP contribution in [0.4, 0.5) is 0 Å².